The van der Waals surface area contributed by atoms with Crippen LogP contribution in [-0.4, -0.2) is 15.6 Å². The highest BCUT2D eigenvalue weighted by Gasteiger charge is 1.61. The maximum Gasteiger partial charge on any atom is 0.314 e. The van der Waals surface area contributed by atoms with Crippen molar-refractivity contribution in [2.75, 3.05) is 0 Å². The normalized spacial score (nSPS) is 7.50. The first-order chi connectivity index (χ1) is 3.46. The summed E-state index contributed by atoms with van der Waals surface area (Å²) in [5.74, 6) is 0.167. The zero-order valence-electron chi connectivity index (χ0n) is 4.38. The Kier molecular flexibility index (Phi) is 8.75. The third-order valence-electron chi connectivity index (χ3n) is 0. The zero-order chi connectivity index (χ0) is 7.15. The second-order valence-corrected chi connectivity index (χ2v) is 1.53. The smallest absolute Gasteiger partial charge is 0.314 e. The fourth-order valence-electron chi connectivity index (χ4n) is 0. The van der Waals surface area contributed by atoms with Gasteiger partial charge in [-0.25, -0.2) is 0 Å². The fraction of sp³-hybridized carbons (Fsp3) is 0.500. The molecule has 0 heterocycles. The first kappa shape index (κ1) is 10.6. The van der Waals surface area contributed by atoms with Crippen molar-refractivity contribution in [1.82, 2.24) is 0 Å². The number of rotatable bonds is 0. The van der Waals surface area contributed by atoms with Gasteiger partial charge in [0.05, 0.1) is 5.84 Å². The molecule has 0 aromatic carbocycles. The highest BCUT2D eigenvalue weighted by atomic mass is 31.1. The summed E-state index contributed by atoms with van der Waals surface area (Å²) >= 11 is 0. The summed E-state index contributed by atoms with van der Waals surface area (Å²) in [7, 11) is -3.13. The van der Waals surface area contributed by atoms with Crippen LogP contribution in [0.3, 0.4) is 0 Å². The summed E-state index contributed by atoms with van der Waals surface area (Å²) in [6.45, 7) is 1.53. The molecule has 0 aromatic heterocycles. The molecule has 0 fully saturated rings. The van der Waals surface area contributed by atoms with Crippen molar-refractivity contribution < 1.29 is 14.4 Å². The molecule has 0 amide bonds. The molecule has 0 aliphatic carbocycles. The molecule has 0 aliphatic heterocycles. The average molecular weight is 140 g/mol. The molecule has 0 aromatic rings. The van der Waals surface area contributed by atoms with Crippen LogP contribution >= 0.6 is 8.25 Å². The monoisotopic (exact) mass is 140 g/mol. The second-order valence-electron chi connectivity index (χ2n) is 0.966. The molecule has 0 spiro atoms. The van der Waals surface area contributed by atoms with Gasteiger partial charge in [0, 0.05) is 0 Å². The van der Waals surface area contributed by atoms with Crippen molar-refractivity contribution in [2.45, 2.75) is 6.92 Å². The molecular weight excluding hydrogens is 131 g/mol. The Morgan fingerprint density at radius 1 is 1.75 bits per heavy atom. The van der Waals surface area contributed by atoms with E-state index in [-0.39, 0.29) is 5.84 Å². The number of nitrogens with two attached hydrogens (primary N) is 1. The first-order valence-electron chi connectivity index (χ1n) is 1.69. The van der Waals surface area contributed by atoms with E-state index in [1.54, 1.807) is 0 Å². The van der Waals surface area contributed by atoms with Crippen LogP contribution in [0.5, 0.6) is 0 Å². The molecule has 0 saturated heterocycles. The largest absolute Gasteiger partial charge is 0.388 e. The van der Waals surface area contributed by atoms with Gasteiger partial charge in [0.1, 0.15) is 0 Å². The van der Waals surface area contributed by atoms with E-state index in [0.717, 1.165) is 0 Å². The topological polar surface area (TPSA) is 107 Å². The van der Waals surface area contributed by atoms with Gasteiger partial charge in [0.25, 0.3) is 0 Å². The Morgan fingerprint density at radius 3 is 1.75 bits per heavy atom. The summed E-state index contributed by atoms with van der Waals surface area (Å²) in [5, 5.41) is 6.28. The molecule has 6 heteroatoms. The molecule has 50 valence electrons. The summed E-state index contributed by atoms with van der Waals surface area (Å²) < 4.78 is 8.74. The Hall–Kier alpha value is -0.380. The zero-order valence-corrected chi connectivity index (χ0v) is 5.38. The third kappa shape index (κ3) is 831. The minimum absolute atomic E-state index is 0.167. The van der Waals surface area contributed by atoms with Crippen molar-refractivity contribution in [2.24, 2.45) is 5.73 Å². The SMILES string of the molecule is CC(=N)N.O=[PH](O)O. The lowest BCUT2D eigenvalue weighted by Gasteiger charge is -1.66. The average Bonchev–Trinajstić information content (AvgIpc) is 1.25. The Labute approximate surface area is 47.6 Å². The Morgan fingerprint density at radius 2 is 1.75 bits per heavy atom. The van der Waals surface area contributed by atoms with Crippen molar-refractivity contribution >= 4 is 14.1 Å². The van der Waals surface area contributed by atoms with Gasteiger partial charge in [-0.1, -0.05) is 0 Å². The van der Waals surface area contributed by atoms with E-state index in [0.29, 0.717) is 0 Å². The molecule has 0 rings (SSSR count). The lowest BCUT2D eigenvalue weighted by Crippen LogP contribution is -2.00. The van der Waals surface area contributed by atoms with Gasteiger partial charge in [-0.2, -0.15) is 0 Å². The second kappa shape index (κ2) is 6.62. The molecule has 0 atom stereocenters. The van der Waals surface area contributed by atoms with Gasteiger partial charge < -0.3 is 15.5 Å². The standard InChI is InChI=1S/C2H6N2.H3O3P/c1-2(3)4;1-4(2)3/h1H3,(H3,3,4);4H,(H2,1,2,3). The van der Waals surface area contributed by atoms with Crippen LogP contribution in [0.4, 0.5) is 0 Å². The van der Waals surface area contributed by atoms with E-state index in [2.05, 4.69) is 0 Å². The van der Waals surface area contributed by atoms with Crippen LogP contribution in [0.25, 0.3) is 0 Å². The van der Waals surface area contributed by atoms with Crippen molar-refractivity contribution in [3.8, 4) is 0 Å². The third-order valence-corrected chi connectivity index (χ3v) is 0. The van der Waals surface area contributed by atoms with Gasteiger partial charge in [-0.3, -0.25) is 9.97 Å². The van der Waals surface area contributed by atoms with Crippen molar-refractivity contribution in [3.05, 3.63) is 0 Å². The van der Waals surface area contributed by atoms with Crippen molar-refractivity contribution in [1.29, 1.82) is 5.41 Å². The predicted octanol–water partition coefficient (Wildman–Crippen LogP) is -0.697. The molecular formula is C2H9N2O3P. The minimum atomic E-state index is -3.13. The Balaban J connectivity index is 0. The van der Waals surface area contributed by atoms with Crippen LogP contribution in [0, 0.1) is 5.41 Å². The van der Waals surface area contributed by atoms with Gasteiger partial charge >= 0.3 is 8.25 Å². The quantitative estimate of drug-likeness (QED) is 0.203. The minimum Gasteiger partial charge on any atom is -0.388 e. The lowest BCUT2D eigenvalue weighted by atomic mass is 10.8. The van der Waals surface area contributed by atoms with Gasteiger partial charge in [0.15, 0.2) is 0 Å². The summed E-state index contributed by atoms with van der Waals surface area (Å²) in [5.41, 5.74) is 4.69. The van der Waals surface area contributed by atoms with Crippen LogP contribution in [-0.2, 0) is 4.57 Å². The maximum atomic E-state index is 8.74. The predicted molar refractivity (Wildman–Crippen MR) is 31.0 cm³/mol. The number of hydrogen-bond acceptors (Lipinski definition) is 2. The van der Waals surface area contributed by atoms with E-state index >= 15 is 0 Å². The lowest BCUT2D eigenvalue weighted by molar-refractivity contribution is 0.405. The van der Waals surface area contributed by atoms with Crippen LogP contribution in [0.2, 0.25) is 0 Å². The number of amidine groups is 1. The molecule has 0 radical (unpaired) electrons. The molecule has 8 heavy (non-hydrogen) atoms. The number of nitrogens with one attached hydrogen (secondary N) is 1. The van der Waals surface area contributed by atoms with Gasteiger partial charge in [0.2, 0.25) is 0 Å². The molecule has 5 N–H and O–H groups in total. The van der Waals surface area contributed by atoms with Gasteiger partial charge in [-0.15, -0.1) is 0 Å². The molecule has 0 saturated carbocycles. The van der Waals surface area contributed by atoms with E-state index < -0.39 is 8.25 Å². The Bertz CT molecular complexity index is 73.3. The highest BCUT2D eigenvalue weighted by molar-refractivity contribution is 7.30. The van der Waals surface area contributed by atoms with Crippen LogP contribution in [0.15, 0.2) is 0 Å². The van der Waals surface area contributed by atoms with E-state index in [1.165, 1.54) is 6.92 Å². The molecule has 0 aliphatic rings. The van der Waals surface area contributed by atoms with Gasteiger partial charge in [-0.05, 0) is 6.92 Å². The number of hydrogen-bond donors (Lipinski definition) is 4. The van der Waals surface area contributed by atoms with E-state index in [9.17, 15) is 0 Å². The fourth-order valence-corrected chi connectivity index (χ4v) is 0. The summed E-state index contributed by atoms with van der Waals surface area (Å²) in [6, 6.07) is 0. The van der Waals surface area contributed by atoms with Crippen LogP contribution < -0.4 is 5.73 Å². The maximum absolute atomic E-state index is 8.74. The highest BCUT2D eigenvalue weighted by Crippen LogP contribution is 1.98. The first-order valence-corrected chi connectivity index (χ1v) is 2.99. The summed E-state index contributed by atoms with van der Waals surface area (Å²) in [6.07, 6.45) is 0. The van der Waals surface area contributed by atoms with E-state index in [4.69, 9.17) is 25.5 Å². The molecule has 0 unspecified atom stereocenters. The van der Waals surface area contributed by atoms with E-state index in [1.807, 2.05) is 0 Å². The molecule has 5 nitrogen and oxygen atoms in total. The molecule has 0 bridgehead atoms. The summed E-state index contributed by atoms with van der Waals surface area (Å²) in [4.78, 5) is 14.3. The van der Waals surface area contributed by atoms with Crippen molar-refractivity contribution in [3.63, 3.8) is 0 Å². The van der Waals surface area contributed by atoms with Crippen LogP contribution in [0.1, 0.15) is 6.92 Å².